The Morgan fingerprint density at radius 3 is 2.44 bits per heavy atom. The van der Waals surface area contributed by atoms with Crippen LogP contribution in [0.2, 0.25) is 5.02 Å². The lowest BCUT2D eigenvalue weighted by Crippen LogP contribution is -2.25. The molecule has 3 nitrogen and oxygen atoms in total. The molecule has 0 fully saturated rings. The van der Waals surface area contributed by atoms with Gasteiger partial charge in [0.05, 0.1) is 5.69 Å². The van der Waals surface area contributed by atoms with Gasteiger partial charge in [0, 0.05) is 13.1 Å². The molecule has 0 radical (unpaired) electrons. The van der Waals surface area contributed by atoms with Gasteiger partial charge in [0.1, 0.15) is 11.3 Å². The number of hydrogen-bond acceptors (Lipinski definition) is 3. The fourth-order valence-corrected chi connectivity index (χ4v) is 1.77. The van der Waals surface area contributed by atoms with Crippen molar-refractivity contribution in [2.45, 2.75) is 13.3 Å². The van der Waals surface area contributed by atoms with E-state index in [-0.39, 0.29) is 0 Å². The number of aryl methyl sites for hydroxylation is 1. The van der Waals surface area contributed by atoms with Crippen LogP contribution in [0, 0.1) is 0 Å². The first-order valence-corrected chi connectivity index (χ1v) is 5.58. The van der Waals surface area contributed by atoms with Gasteiger partial charge < -0.3 is 4.90 Å². The van der Waals surface area contributed by atoms with Gasteiger partial charge >= 0.3 is 0 Å². The normalized spacial score (nSPS) is 9.88. The highest BCUT2D eigenvalue weighted by atomic mass is 35.5. The second-order valence-corrected chi connectivity index (χ2v) is 3.67. The average molecular weight is 238 g/mol. The van der Waals surface area contributed by atoms with Gasteiger partial charge in [0.25, 0.3) is 0 Å². The summed E-state index contributed by atoms with van der Waals surface area (Å²) in [6, 6.07) is 0. The Bertz CT molecular complexity index is 367. The van der Waals surface area contributed by atoms with E-state index >= 15 is 0 Å². The van der Waals surface area contributed by atoms with Crippen molar-refractivity contribution in [1.29, 1.82) is 0 Å². The molecule has 0 aliphatic carbocycles. The van der Waals surface area contributed by atoms with Gasteiger partial charge in [-0.3, -0.25) is 0 Å². The van der Waals surface area contributed by atoms with Gasteiger partial charge in [-0.1, -0.05) is 30.7 Å². The molecule has 0 N–H and O–H groups in total. The second-order valence-electron chi connectivity index (χ2n) is 3.29. The van der Waals surface area contributed by atoms with Crippen molar-refractivity contribution in [2.24, 2.45) is 0 Å². The van der Waals surface area contributed by atoms with Crippen molar-refractivity contribution in [3.8, 4) is 0 Å². The van der Waals surface area contributed by atoms with E-state index in [1.165, 1.54) is 0 Å². The molecule has 0 atom stereocenters. The smallest absolute Gasteiger partial charge is 0.151 e. The molecule has 0 aromatic carbocycles. The minimum Gasteiger partial charge on any atom is -0.348 e. The third kappa shape index (κ3) is 2.83. The monoisotopic (exact) mass is 237 g/mol. The van der Waals surface area contributed by atoms with Crippen molar-refractivity contribution in [3.05, 3.63) is 42.4 Å². The Kier molecular flexibility index (Phi) is 4.99. The molecule has 0 aliphatic heterocycles. The highest BCUT2D eigenvalue weighted by Crippen LogP contribution is 2.25. The molecule has 86 valence electrons. The molecule has 4 heteroatoms. The maximum absolute atomic E-state index is 6.24. The van der Waals surface area contributed by atoms with Gasteiger partial charge in [-0.05, 0) is 6.42 Å². The number of aromatic nitrogens is 2. The SMILES string of the molecule is C=CCN(CC=C)c1ncnc(CC)c1Cl. The number of anilines is 1. The zero-order valence-electron chi connectivity index (χ0n) is 9.49. The predicted molar refractivity (Wildman–Crippen MR) is 69.0 cm³/mol. The van der Waals surface area contributed by atoms with Crippen LogP contribution in [0.1, 0.15) is 12.6 Å². The van der Waals surface area contributed by atoms with E-state index in [4.69, 9.17) is 11.6 Å². The van der Waals surface area contributed by atoms with Crippen LogP contribution >= 0.6 is 11.6 Å². The van der Waals surface area contributed by atoms with Crippen LogP contribution in [-0.4, -0.2) is 23.1 Å². The summed E-state index contributed by atoms with van der Waals surface area (Å²) in [5.74, 6) is 0.744. The number of nitrogens with zero attached hydrogens (tertiary/aromatic N) is 3. The Hall–Kier alpha value is -1.35. The van der Waals surface area contributed by atoms with Gasteiger partial charge in [-0.15, -0.1) is 13.2 Å². The van der Waals surface area contributed by atoms with Crippen LogP contribution in [0.15, 0.2) is 31.6 Å². The van der Waals surface area contributed by atoms with Crippen molar-refractivity contribution in [2.75, 3.05) is 18.0 Å². The summed E-state index contributed by atoms with van der Waals surface area (Å²) < 4.78 is 0. The standard InChI is InChI=1S/C12H16ClN3/c1-4-7-16(8-5-2)12-11(13)10(6-3)14-9-15-12/h4-5,9H,1-2,6-8H2,3H3. The third-order valence-electron chi connectivity index (χ3n) is 2.18. The van der Waals surface area contributed by atoms with E-state index in [1.807, 2.05) is 24.0 Å². The lowest BCUT2D eigenvalue weighted by atomic mass is 10.3. The second kappa shape index (κ2) is 6.28. The average Bonchev–Trinajstić information content (AvgIpc) is 2.29. The molecular formula is C12H16ClN3. The van der Waals surface area contributed by atoms with Gasteiger partial charge in [-0.2, -0.15) is 0 Å². The molecule has 0 saturated carbocycles. The highest BCUT2D eigenvalue weighted by molar-refractivity contribution is 6.33. The van der Waals surface area contributed by atoms with Crippen molar-refractivity contribution >= 4 is 17.4 Å². The number of halogens is 1. The predicted octanol–water partition coefficient (Wildman–Crippen LogP) is 2.87. The molecule has 0 saturated heterocycles. The van der Waals surface area contributed by atoms with Crippen LogP contribution in [0.25, 0.3) is 0 Å². The maximum Gasteiger partial charge on any atom is 0.151 e. The van der Waals surface area contributed by atoms with Crippen molar-refractivity contribution in [3.63, 3.8) is 0 Å². The van der Waals surface area contributed by atoms with E-state index in [2.05, 4.69) is 23.1 Å². The summed E-state index contributed by atoms with van der Waals surface area (Å²) in [6.07, 6.45) is 5.96. The first-order valence-electron chi connectivity index (χ1n) is 5.20. The molecule has 1 rings (SSSR count). The maximum atomic E-state index is 6.24. The van der Waals surface area contributed by atoms with E-state index in [9.17, 15) is 0 Å². The molecule has 0 amide bonds. The molecule has 1 heterocycles. The zero-order valence-corrected chi connectivity index (χ0v) is 10.2. The largest absolute Gasteiger partial charge is 0.348 e. The summed E-state index contributed by atoms with van der Waals surface area (Å²) in [5.41, 5.74) is 0.866. The Balaban J connectivity index is 3.07. The lowest BCUT2D eigenvalue weighted by Gasteiger charge is -2.21. The topological polar surface area (TPSA) is 29.0 Å². The molecular weight excluding hydrogens is 222 g/mol. The van der Waals surface area contributed by atoms with Gasteiger partial charge in [0.2, 0.25) is 0 Å². The summed E-state index contributed by atoms with van der Waals surface area (Å²) in [6.45, 7) is 10.8. The molecule has 0 spiro atoms. The fraction of sp³-hybridized carbons (Fsp3) is 0.333. The summed E-state index contributed by atoms with van der Waals surface area (Å²) in [5, 5.41) is 0.619. The molecule has 1 aromatic rings. The Morgan fingerprint density at radius 2 is 1.94 bits per heavy atom. The summed E-state index contributed by atoms with van der Waals surface area (Å²) in [4.78, 5) is 10.4. The van der Waals surface area contributed by atoms with Crippen molar-refractivity contribution < 1.29 is 0 Å². The lowest BCUT2D eigenvalue weighted by molar-refractivity contribution is 0.899. The molecule has 0 bridgehead atoms. The number of hydrogen-bond donors (Lipinski definition) is 0. The zero-order chi connectivity index (χ0) is 12.0. The van der Waals surface area contributed by atoms with Crippen LogP contribution in [0.3, 0.4) is 0 Å². The Labute approximate surface area is 101 Å². The van der Waals surface area contributed by atoms with E-state index in [0.29, 0.717) is 18.1 Å². The van der Waals surface area contributed by atoms with Crippen LogP contribution < -0.4 is 4.90 Å². The van der Waals surface area contributed by atoms with E-state index in [0.717, 1.165) is 17.9 Å². The van der Waals surface area contributed by atoms with Crippen LogP contribution in [0.5, 0.6) is 0 Å². The number of rotatable bonds is 6. The van der Waals surface area contributed by atoms with Gasteiger partial charge in [-0.25, -0.2) is 9.97 Å². The van der Waals surface area contributed by atoms with Crippen LogP contribution in [-0.2, 0) is 6.42 Å². The molecule has 1 aromatic heterocycles. The van der Waals surface area contributed by atoms with E-state index < -0.39 is 0 Å². The van der Waals surface area contributed by atoms with Crippen molar-refractivity contribution in [1.82, 2.24) is 9.97 Å². The first-order chi connectivity index (χ1) is 7.74. The minimum atomic E-state index is 0.619. The Morgan fingerprint density at radius 1 is 1.31 bits per heavy atom. The highest BCUT2D eigenvalue weighted by Gasteiger charge is 2.12. The minimum absolute atomic E-state index is 0.619. The van der Waals surface area contributed by atoms with Crippen LogP contribution in [0.4, 0.5) is 5.82 Å². The fourth-order valence-electron chi connectivity index (χ4n) is 1.42. The third-order valence-corrected chi connectivity index (χ3v) is 2.56. The quantitative estimate of drug-likeness (QED) is 0.713. The first kappa shape index (κ1) is 12.7. The molecule has 0 unspecified atom stereocenters. The molecule has 16 heavy (non-hydrogen) atoms. The molecule has 0 aliphatic rings. The van der Waals surface area contributed by atoms with E-state index in [1.54, 1.807) is 6.33 Å². The summed E-state index contributed by atoms with van der Waals surface area (Å²) >= 11 is 6.24. The summed E-state index contributed by atoms with van der Waals surface area (Å²) in [7, 11) is 0. The van der Waals surface area contributed by atoms with Gasteiger partial charge in [0.15, 0.2) is 5.82 Å².